The van der Waals surface area contributed by atoms with Gasteiger partial charge in [0.1, 0.15) is 6.04 Å². The van der Waals surface area contributed by atoms with E-state index in [9.17, 15) is 4.79 Å². The zero-order valence-electron chi connectivity index (χ0n) is 11.9. The Balaban J connectivity index is 2.42. The Bertz CT molecular complexity index is 564. The molecular formula is C15H18BrN3O. The Morgan fingerprint density at radius 1 is 1.45 bits per heavy atom. The second-order valence-electron chi connectivity index (χ2n) is 5.68. The Labute approximate surface area is 128 Å². The minimum Gasteiger partial charge on any atom is -0.308 e. The van der Waals surface area contributed by atoms with Crippen LogP contribution in [-0.4, -0.2) is 36.0 Å². The smallest absolute Gasteiger partial charge is 0.245 e. The molecule has 0 radical (unpaired) electrons. The van der Waals surface area contributed by atoms with E-state index >= 15 is 0 Å². The second-order valence-corrected chi connectivity index (χ2v) is 6.53. The van der Waals surface area contributed by atoms with Gasteiger partial charge < -0.3 is 4.90 Å². The molecule has 5 heteroatoms. The first-order chi connectivity index (χ1) is 9.38. The van der Waals surface area contributed by atoms with Gasteiger partial charge >= 0.3 is 0 Å². The fourth-order valence-electron chi connectivity index (χ4n) is 2.53. The number of carbonyl (C=O) groups is 1. The number of rotatable bonds is 2. The Morgan fingerprint density at radius 2 is 2.10 bits per heavy atom. The summed E-state index contributed by atoms with van der Waals surface area (Å²) in [5.74, 6) is -0.0136. The van der Waals surface area contributed by atoms with Crippen molar-refractivity contribution in [1.82, 2.24) is 4.90 Å². The molecule has 4 nitrogen and oxygen atoms in total. The van der Waals surface area contributed by atoms with Crippen molar-refractivity contribution in [2.45, 2.75) is 31.8 Å². The van der Waals surface area contributed by atoms with E-state index in [-0.39, 0.29) is 17.9 Å². The summed E-state index contributed by atoms with van der Waals surface area (Å²) in [7, 11) is 1.91. The molecule has 1 aliphatic rings. The van der Waals surface area contributed by atoms with Crippen molar-refractivity contribution in [3.05, 3.63) is 28.7 Å². The highest BCUT2D eigenvalue weighted by Gasteiger charge is 2.43. The number of nitrogens with zero attached hydrogens (tertiary/aromatic N) is 3. The average molecular weight is 336 g/mol. The van der Waals surface area contributed by atoms with Gasteiger partial charge in [0.2, 0.25) is 5.91 Å². The van der Waals surface area contributed by atoms with Crippen molar-refractivity contribution < 1.29 is 4.79 Å². The van der Waals surface area contributed by atoms with Gasteiger partial charge in [-0.15, -0.1) is 0 Å². The average Bonchev–Trinajstić information content (AvgIpc) is 2.40. The van der Waals surface area contributed by atoms with Gasteiger partial charge in [-0.3, -0.25) is 9.69 Å². The predicted molar refractivity (Wildman–Crippen MR) is 82.4 cm³/mol. The zero-order chi connectivity index (χ0) is 14.9. The lowest BCUT2D eigenvalue weighted by molar-refractivity contribution is -0.128. The minimum atomic E-state index is -0.393. The Kier molecular flexibility index (Phi) is 4.17. The van der Waals surface area contributed by atoms with Gasteiger partial charge in [-0.05, 0) is 49.0 Å². The van der Waals surface area contributed by atoms with E-state index < -0.39 is 6.04 Å². The first-order valence-corrected chi connectivity index (χ1v) is 7.33. The molecule has 1 aliphatic heterocycles. The van der Waals surface area contributed by atoms with E-state index in [1.165, 1.54) is 0 Å². The van der Waals surface area contributed by atoms with Crippen LogP contribution in [0.25, 0.3) is 0 Å². The largest absolute Gasteiger partial charge is 0.308 e. The van der Waals surface area contributed by atoms with Crippen molar-refractivity contribution in [2.24, 2.45) is 0 Å². The first-order valence-electron chi connectivity index (χ1n) is 6.54. The predicted octanol–water partition coefficient (Wildman–Crippen LogP) is 2.79. The molecule has 1 aromatic carbocycles. The summed E-state index contributed by atoms with van der Waals surface area (Å²) < 4.78 is 0.893. The third kappa shape index (κ3) is 2.58. The summed E-state index contributed by atoms with van der Waals surface area (Å²) in [5.41, 5.74) is 0.687. The number of benzene rings is 1. The van der Waals surface area contributed by atoms with Gasteiger partial charge in [0, 0.05) is 16.6 Å². The molecule has 106 valence electrons. The summed E-state index contributed by atoms with van der Waals surface area (Å²) in [6.07, 6.45) is 0.208. The van der Waals surface area contributed by atoms with E-state index in [0.717, 1.165) is 10.2 Å². The molecule has 1 amide bonds. The lowest BCUT2D eigenvalue weighted by atomic mass is 9.93. The lowest BCUT2D eigenvalue weighted by Gasteiger charge is -2.49. The van der Waals surface area contributed by atoms with Crippen LogP contribution >= 0.6 is 15.9 Å². The van der Waals surface area contributed by atoms with Crippen LogP contribution in [0.4, 0.5) is 5.69 Å². The number of anilines is 1. The number of amides is 1. The molecule has 0 N–H and O–H groups in total. The van der Waals surface area contributed by atoms with E-state index in [2.05, 4.69) is 35.8 Å². The molecule has 0 saturated carbocycles. The summed E-state index contributed by atoms with van der Waals surface area (Å²) in [5, 5.41) is 8.98. The van der Waals surface area contributed by atoms with E-state index in [4.69, 9.17) is 5.26 Å². The standard InChI is InChI=1S/C15H18BrN3O/c1-15(2)10-19(12-7-5-4-6-11(12)16)14(20)13(8-9-17)18(15)3/h4-7,13H,8,10H2,1-3H3. The summed E-state index contributed by atoms with van der Waals surface area (Å²) >= 11 is 3.50. The van der Waals surface area contributed by atoms with Crippen molar-refractivity contribution >= 4 is 27.5 Å². The molecule has 20 heavy (non-hydrogen) atoms. The van der Waals surface area contributed by atoms with E-state index in [1.807, 2.05) is 36.2 Å². The highest BCUT2D eigenvalue weighted by Crippen LogP contribution is 2.33. The topological polar surface area (TPSA) is 47.3 Å². The summed E-state index contributed by atoms with van der Waals surface area (Å²) in [6, 6.07) is 9.41. The van der Waals surface area contributed by atoms with Crippen LogP contribution in [0.2, 0.25) is 0 Å². The number of likely N-dealkylation sites (N-methyl/N-ethyl adjacent to an activating group) is 1. The number of hydrogen-bond acceptors (Lipinski definition) is 3. The number of carbonyl (C=O) groups excluding carboxylic acids is 1. The zero-order valence-corrected chi connectivity index (χ0v) is 13.5. The first kappa shape index (κ1) is 15.0. The van der Waals surface area contributed by atoms with Gasteiger partial charge in [-0.2, -0.15) is 5.26 Å². The van der Waals surface area contributed by atoms with Crippen LogP contribution in [0.1, 0.15) is 20.3 Å². The Morgan fingerprint density at radius 3 is 2.70 bits per heavy atom. The maximum Gasteiger partial charge on any atom is 0.245 e. The highest BCUT2D eigenvalue weighted by atomic mass is 79.9. The number of piperazine rings is 1. The van der Waals surface area contributed by atoms with Crippen LogP contribution in [0.3, 0.4) is 0 Å². The summed E-state index contributed by atoms with van der Waals surface area (Å²) in [4.78, 5) is 16.5. The van der Waals surface area contributed by atoms with Gasteiger partial charge in [0.05, 0.1) is 18.2 Å². The normalized spacial score (nSPS) is 22.6. The van der Waals surface area contributed by atoms with Gasteiger partial charge in [0.25, 0.3) is 0 Å². The fourth-order valence-corrected chi connectivity index (χ4v) is 3.03. The maximum absolute atomic E-state index is 12.7. The SMILES string of the molecule is CN1C(CC#N)C(=O)N(c2ccccc2Br)CC1(C)C. The number of para-hydroxylation sites is 1. The molecule has 1 aromatic rings. The number of halogens is 1. The maximum atomic E-state index is 12.7. The molecule has 0 aliphatic carbocycles. The lowest BCUT2D eigenvalue weighted by Crippen LogP contribution is -2.65. The molecule has 1 saturated heterocycles. The molecule has 0 spiro atoms. The molecule has 1 atom stereocenters. The monoisotopic (exact) mass is 335 g/mol. The van der Waals surface area contributed by atoms with Gasteiger partial charge in [-0.1, -0.05) is 12.1 Å². The third-order valence-corrected chi connectivity index (χ3v) is 4.62. The van der Waals surface area contributed by atoms with Crippen LogP contribution in [0.5, 0.6) is 0 Å². The molecule has 1 fully saturated rings. The van der Waals surface area contributed by atoms with E-state index in [0.29, 0.717) is 6.54 Å². The highest BCUT2D eigenvalue weighted by molar-refractivity contribution is 9.10. The van der Waals surface area contributed by atoms with Crippen LogP contribution in [-0.2, 0) is 4.79 Å². The van der Waals surface area contributed by atoms with Gasteiger partial charge in [-0.25, -0.2) is 0 Å². The van der Waals surface area contributed by atoms with Gasteiger partial charge in [0.15, 0.2) is 0 Å². The molecular weight excluding hydrogens is 318 g/mol. The second kappa shape index (κ2) is 5.55. The van der Waals surface area contributed by atoms with Crippen molar-refractivity contribution in [3.63, 3.8) is 0 Å². The van der Waals surface area contributed by atoms with Crippen molar-refractivity contribution in [3.8, 4) is 6.07 Å². The quantitative estimate of drug-likeness (QED) is 0.834. The number of nitriles is 1. The molecule has 0 aromatic heterocycles. The van der Waals surface area contributed by atoms with Crippen LogP contribution in [0, 0.1) is 11.3 Å². The molecule has 1 unspecified atom stereocenters. The minimum absolute atomic E-state index is 0.0136. The van der Waals surface area contributed by atoms with E-state index in [1.54, 1.807) is 4.90 Å². The third-order valence-electron chi connectivity index (χ3n) is 3.95. The van der Waals surface area contributed by atoms with Crippen molar-refractivity contribution in [2.75, 3.05) is 18.5 Å². The fraction of sp³-hybridized carbons (Fsp3) is 0.467. The molecule has 1 heterocycles. The van der Waals surface area contributed by atoms with Crippen molar-refractivity contribution in [1.29, 1.82) is 5.26 Å². The van der Waals surface area contributed by atoms with Crippen LogP contribution in [0.15, 0.2) is 28.7 Å². The van der Waals surface area contributed by atoms with Crippen LogP contribution < -0.4 is 4.90 Å². The number of hydrogen-bond donors (Lipinski definition) is 0. The molecule has 0 bridgehead atoms. The molecule has 2 rings (SSSR count). The summed E-state index contributed by atoms with van der Waals surface area (Å²) in [6.45, 7) is 4.79. The Hall–Kier alpha value is -1.38.